The molecule has 0 spiro atoms. The highest BCUT2D eigenvalue weighted by molar-refractivity contribution is 5.98. The zero-order valence-corrected chi connectivity index (χ0v) is 16.4. The lowest BCUT2D eigenvalue weighted by Crippen LogP contribution is -2.30. The highest BCUT2D eigenvalue weighted by atomic mass is 16.1. The predicted octanol–water partition coefficient (Wildman–Crippen LogP) is 4.94. The van der Waals surface area contributed by atoms with Gasteiger partial charge in [-0.2, -0.15) is 0 Å². The minimum atomic E-state index is -0.452. The predicted molar refractivity (Wildman–Crippen MR) is 114 cm³/mol. The van der Waals surface area contributed by atoms with Crippen molar-refractivity contribution in [3.8, 4) is 24.7 Å². The molecule has 4 rings (SSSR count). The molecule has 2 aromatic rings. The molecule has 2 fully saturated rings. The van der Waals surface area contributed by atoms with Gasteiger partial charge in [0, 0.05) is 10.9 Å². The summed E-state index contributed by atoms with van der Waals surface area (Å²) in [4.78, 5) is 15.1. The van der Waals surface area contributed by atoms with Crippen molar-refractivity contribution in [2.45, 2.75) is 75.0 Å². The molecular formula is C25H28N2O. The van der Waals surface area contributed by atoms with Gasteiger partial charge < -0.3 is 10.7 Å². The number of hydrogen-bond donors (Lipinski definition) is 2. The Balaban J connectivity index is 1.97. The average Bonchev–Trinajstić information content (AvgIpc) is 3.18. The lowest BCUT2D eigenvalue weighted by molar-refractivity contribution is 0.0996. The Hall–Kier alpha value is -2.65. The van der Waals surface area contributed by atoms with Gasteiger partial charge in [0.15, 0.2) is 0 Å². The first-order valence-electron chi connectivity index (χ1n) is 10.5. The molecule has 3 heteroatoms. The number of hydrogen-bond acceptors (Lipinski definition) is 1. The maximum Gasteiger partial charge on any atom is 0.265 e. The zero-order chi connectivity index (χ0) is 19.8. The van der Waals surface area contributed by atoms with Crippen molar-refractivity contribution in [3.05, 3.63) is 35.0 Å². The Labute approximate surface area is 167 Å². The number of nitrogens with two attached hydrogens (primary N) is 1. The van der Waals surface area contributed by atoms with Gasteiger partial charge in [-0.05, 0) is 48.9 Å². The standard InChI is InChI=1S/C25H28N2O/c1-3-24(11-7-5-8-12-24)18-15-20(25(4-2)13-9-6-10-14-25)19-17-22(23(26)28)27-21(19)16-18/h1-2,15-17,27H,5-14H2,(H2,26,28). The van der Waals surface area contributed by atoms with Crippen LogP contribution in [0.25, 0.3) is 10.9 Å². The van der Waals surface area contributed by atoms with E-state index in [1.54, 1.807) is 0 Å². The summed E-state index contributed by atoms with van der Waals surface area (Å²) in [5.74, 6) is 5.82. The highest BCUT2D eigenvalue weighted by Crippen LogP contribution is 2.46. The van der Waals surface area contributed by atoms with Crippen LogP contribution in [0.5, 0.6) is 0 Å². The molecule has 2 saturated carbocycles. The summed E-state index contributed by atoms with van der Waals surface area (Å²) < 4.78 is 0. The number of aromatic nitrogens is 1. The molecule has 0 aliphatic heterocycles. The van der Waals surface area contributed by atoms with Gasteiger partial charge in [0.25, 0.3) is 5.91 Å². The van der Waals surface area contributed by atoms with Crippen molar-refractivity contribution in [3.63, 3.8) is 0 Å². The largest absolute Gasteiger partial charge is 0.364 e. The first-order chi connectivity index (χ1) is 13.5. The summed E-state index contributed by atoms with van der Waals surface area (Å²) in [7, 11) is 0. The van der Waals surface area contributed by atoms with Crippen LogP contribution in [-0.4, -0.2) is 10.9 Å². The third-order valence-electron chi connectivity index (χ3n) is 7.04. The molecule has 1 aromatic heterocycles. The Morgan fingerprint density at radius 3 is 2.00 bits per heavy atom. The first-order valence-corrected chi connectivity index (χ1v) is 10.5. The number of rotatable bonds is 3. The lowest BCUT2D eigenvalue weighted by Gasteiger charge is -2.37. The van der Waals surface area contributed by atoms with Crippen molar-refractivity contribution in [2.75, 3.05) is 0 Å². The van der Waals surface area contributed by atoms with Crippen LogP contribution in [0.2, 0.25) is 0 Å². The molecule has 1 amide bonds. The van der Waals surface area contributed by atoms with Crippen LogP contribution >= 0.6 is 0 Å². The molecule has 144 valence electrons. The molecule has 2 aliphatic carbocycles. The molecule has 0 atom stereocenters. The van der Waals surface area contributed by atoms with Gasteiger partial charge in [-0.15, -0.1) is 12.8 Å². The van der Waals surface area contributed by atoms with Gasteiger partial charge in [-0.1, -0.05) is 56.4 Å². The lowest BCUT2D eigenvalue weighted by atomic mass is 9.65. The Kier molecular flexibility index (Phi) is 4.72. The van der Waals surface area contributed by atoms with Crippen molar-refractivity contribution >= 4 is 16.8 Å². The molecule has 3 nitrogen and oxygen atoms in total. The summed E-state index contributed by atoms with van der Waals surface area (Å²) in [5, 5.41) is 1.01. The smallest absolute Gasteiger partial charge is 0.265 e. The topological polar surface area (TPSA) is 58.9 Å². The third kappa shape index (κ3) is 2.91. The van der Waals surface area contributed by atoms with Gasteiger partial charge in [0.2, 0.25) is 0 Å². The summed E-state index contributed by atoms with van der Waals surface area (Å²) in [6.45, 7) is 0. The number of H-pyrrole nitrogens is 1. The van der Waals surface area contributed by atoms with Crippen LogP contribution in [0.3, 0.4) is 0 Å². The molecule has 0 saturated heterocycles. The van der Waals surface area contributed by atoms with Crippen molar-refractivity contribution < 1.29 is 4.79 Å². The fourth-order valence-corrected chi connectivity index (χ4v) is 5.36. The fourth-order valence-electron chi connectivity index (χ4n) is 5.36. The van der Waals surface area contributed by atoms with E-state index in [9.17, 15) is 4.79 Å². The van der Waals surface area contributed by atoms with Crippen LogP contribution in [-0.2, 0) is 10.8 Å². The number of fused-ring (bicyclic) bond motifs is 1. The average molecular weight is 373 g/mol. The molecule has 1 heterocycles. The van der Waals surface area contributed by atoms with E-state index in [1.807, 2.05) is 6.07 Å². The second-order valence-electron chi connectivity index (χ2n) is 8.61. The summed E-state index contributed by atoms with van der Waals surface area (Å²) >= 11 is 0. The van der Waals surface area contributed by atoms with Crippen molar-refractivity contribution in [1.82, 2.24) is 4.98 Å². The first kappa shape index (κ1) is 18.7. The van der Waals surface area contributed by atoms with E-state index in [1.165, 1.54) is 12.8 Å². The van der Waals surface area contributed by atoms with Gasteiger partial charge >= 0.3 is 0 Å². The number of carbonyl (C=O) groups is 1. The van der Waals surface area contributed by atoms with Crippen LogP contribution < -0.4 is 5.73 Å². The monoisotopic (exact) mass is 372 g/mol. The normalized spacial score (nSPS) is 20.9. The van der Waals surface area contributed by atoms with Gasteiger partial charge in [-0.25, -0.2) is 0 Å². The summed E-state index contributed by atoms with van der Waals surface area (Å²) in [5.41, 5.74) is 8.67. The molecule has 3 N–H and O–H groups in total. The number of primary amides is 1. The van der Waals surface area contributed by atoms with E-state index in [4.69, 9.17) is 18.6 Å². The zero-order valence-electron chi connectivity index (χ0n) is 16.4. The second-order valence-corrected chi connectivity index (χ2v) is 8.61. The Bertz CT molecular complexity index is 986. The third-order valence-corrected chi connectivity index (χ3v) is 7.04. The van der Waals surface area contributed by atoms with Gasteiger partial charge in [0.05, 0.1) is 10.8 Å². The van der Waals surface area contributed by atoms with Gasteiger partial charge in [0.1, 0.15) is 5.69 Å². The number of nitrogens with one attached hydrogen (secondary N) is 1. The maximum atomic E-state index is 11.8. The van der Waals surface area contributed by atoms with E-state index < -0.39 is 5.91 Å². The molecule has 0 bridgehead atoms. The summed E-state index contributed by atoms with van der Waals surface area (Å²) in [6.07, 6.45) is 23.2. The van der Waals surface area contributed by atoms with E-state index in [-0.39, 0.29) is 10.8 Å². The number of carbonyl (C=O) groups excluding carboxylic acids is 1. The molecule has 0 radical (unpaired) electrons. The van der Waals surface area contributed by atoms with Crippen LogP contribution in [0, 0.1) is 24.7 Å². The SMILES string of the molecule is C#CC1(c2cc(C3(C#C)CCCCC3)c3cc(C(N)=O)[nH]c3c2)CCCCC1. The Morgan fingerprint density at radius 1 is 0.893 bits per heavy atom. The fraction of sp³-hybridized carbons (Fsp3) is 0.480. The maximum absolute atomic E-state index is 11.8. The molecule has 28 heavy (non-hydrogen) atoms. The number of benzene rings is 1. The second kappa shape index (κ2) is 7.06. The summed E-state index contributed by atoms with van der Waals surface area (Å²) in [6, 6.07) is 6.26. The Morgan fingerprint density at radius 2 is 1.46 bits per heavy atom. The van der Waals surface area contributed by atoms with Crippen molar-refractivity contribution in [1.29, 1.82) is 0 Å². The minimum Gasteiger partial charge on any atom is -0.364 e. The van der Waals surface area contributed by atoms with E-state index in [2.05, 4.69) is 29.0 Å². The number of terminal acetylenes is 2. The van der Waals surface area contributed by atoms with E-state index >= 15 is 0 Å². The number of amides is 1. The highest BCUT2D eigenvalue weighted by Gasteiger charge is 2.37. The molecular weight excluding hydrogens is 344 g/mol. The van der Waals surface area contributed by atoms with E-state index in [0.29, 0.717) is 5.69 Å². The molecule has 1 aromatic carbocycles. The minimum absolute atomic E-state index is 0.246. The van der Waals surface area contributed by atoms with E-state index in [0.717, 1.165) is 73.4 Å². The quantitative estimate of drug-likeness (QED) is 0.737. The molecule has 0 unspecified atom stereocenters. The van der Waals surface area contributed by atoms with Crippen molar-refractivity contribution in [2.24, 2.45) is 5.73 Å². The van der Waals surface area contributed by atoms with Crippen LogP contribution in [0.1, 0.15) is 85.8 Å². The van der Waals surface area contributed by atoms with Crippen LogP contribution in [0.15, 0.2) is 18.2 Å². The van der Waals surface area contributed by atoms with Crippen LogP contribution in [0.4, 0.5) is 0 Å². The molecule has 2 aliphatic rings. The van der Waals surface area contributed by atoms with Gasteiger partial charge in [-0.3, -0.25) is 4.79 Å². The number of aromatic amines is 1.